The van der Waals surface area contributed by atoms with Crippen molar-refractivity contribution < 1.29 is 4.74 Å². The number of hydrogen-bond donors (Lipinski definition) is 1. The highest BCUT2D eigenvalue weighted by molar-refractivity contribution is 9.10. The molecule has 0 aliphatic carbocycles. The van der Waals surface area contributed by atoms with E-state index in [2.05, 4.69) is 33.2 Å². The minimum absolute atomic E-state index is 0.238. The van der Waals surface area contributed by atoms with Crippen LogP contribution in [-0.2, 0) is 0 Å². The molecule has 2 aromatic rings. The molecule has 2 rings (SSSR count). The molecule has 0 radical (unpaired) electrons. The van der Waals surface area contributed by atoms with Crippen LogP contribution in [0.3, 0.4) is 0 Å². The summed E-state index contributed by atoms with van der Waals surface area (Å²) < 4.78 is 6.37. The third-order valence-electron chi connectivity index (χ3n) is 2.88. The molecule has 106 valence electrons. The molecule has 1 heterocycles. The first-order valence-corrected chi connectivity index (χ1v) is 7.51. The lowest BCUT2D eigenvalue weighted by atomic mass is 10.1. The van der Waals surface area contributed by atoms with Gasteiger partial charge in [-0.25, -0.2) is 4.98 Å². The Morgan fingerprint density at radius 2 is 2.00 bits per heavy atom. The second kappa shape index (κ2) is 6.76. The van der Waals surface area contributed by atoms with E-state index in [-0.39, 0.29) is 6.04 Å². The molecule has 0 bridgehead atoms. The quantitative estimate of drug-likeness (QED) is 0.743. The molecule has 1 aromatic carbocycles. The molecule has 6 heteroatoms. The van der Waals surface area contributed by atoms with Crippen LogP contribution in [0.1, 0.15) is 18.5 Å². The van der Waals surface area contributed by atoms with E-state index < -0.39 is 0 Å². The van der Waals surface area contributed by atoms with Crippen molar-refractivity contribution in [3.05, 3.63) is 50.5 Å². The smallest absolute Gasteiger partial charge is 0.219 e. The molecule has 1 N–H and O–H groups in total. The topological polar surface area (TPSA) is 34.1 Å². The molecule has 20 heavy (non-hydrogen) atoms. The first-order valence-electron chi connectivity index (χ1n) is 5.97. The number of rotatable bonds is 4. The van der Waals surface area contributed by atoms with Gasteiger partial charge in [0.2, 0.25) is 5.88 Å². The molecule has 0 spiro atoms. The largest absolute Gasteiger partial charge is 0.437 e. The Morgan fingerprint density at radius 3 is 2.60 bits per heavy atom. The molecule has 0 saturated heterocycles. The molecule has 1 unspecified atom stereocenters. The fraction of sp³-hybridized carbons (Fsp3) is 0.214. The van der Waals surface area contributed by atoms with Crippen molar-refractivity contribution in [3.8, 4) is 11.6 Å². The van der Waals surface area contributed by atoms with E-state index in [1.54, 1.807) is 24.4 Å². The van der Waals surface area contributed by atoms with Gasteiger partial charge in [0, 0.05) is 28.8 Å². The fourth-order valence-corrected chi connectivity index (χ4v) is 2.40. The van der Waals surface area contributed by atoms with Gasteiger partial charge in [0.15, 0.2) is 0 Å². The molecular formula is C14H13BrCl2N2O. The van der Waals surface area contributed by atoms with E-state index in [1.807, 2.05) is 13.1 Å². The van der Waals surface area contributed by atoms with Gasteiger partial charge in [-0.1, -0.05) is 29.3 Å². The van der Waals surface area contributed by atoms with Crippen LogP contribution in [0.4, 0.5) is 0 Å². The number of nitrogens with zero attached hydrogens (tertiary/aromatic N) is 1. The summed E-state index contributed by atoms with van der Waals surface area (Å²) in [6, 6.07) is 7.34. The summed E-state index contributed by atoms with van der Waals surface area (Å²) >= 11 is 15.4. The summed E-state index contributed by atoms with van der Waals surface area (Å²) in [4.78, 5) is 4.26. The van der Waals surface area contributed by atoms with Crippen molar-refractivity contribution in [1.82, 2.24) is 10.3 Å². The van der Waals surface area contributed by atoms with Crippen LogP contribution in [0.15, 0.2) is 34.9 Å². The van der Waals surface area contributed by atoms with Crippen LogP contribution in [0, 0.1) is 0 Å². The third kappa shape index (κ3) is 3.64. The Hall–Kier alpha value is -0.810. The van der Waals surface area contributed by atoms with E-state index in [1.165, 1.54) is 0 Å². The van der Waals surface area contributed by atoms with E-state index >= 15 is 0 Å². The zero-order valence-electron chi connectivity index (χ0n) is 11.0. The molecule has 0 aliphatic rings. The van der Waals surface area contributed by atoms with Crippen LogP contribution in [0.2, 0.25) is 10.0 Å². The molecule has 0 aliphatic heterocycles. The normalized spacial score (nSPS) is 12.2. The third-order valence-corrected chi connectivity index (χ3v) is 4.37. The molecule has 1 atom stereocenters. The average molecular weight is 376 g/mol. The number of aromatic nitrogens is 1. The average Bonchev–Trinajstić information content (AvgIpc) is 2.44. The van der Waals surface area contributed by atoms with Crippen molar-refractivity contribution in [1.29, 1.82) is 0 Å². The van der Waals surface area contributed by atoms with E-state index in [0.717, 1.165) is 10.0 Å². The second-order valence-electron chi connectivity index (χ2n) is 4.24. The van der Waals surface area contributed by atoms with Crippen LogP contribution in [-0.4, -0.2) is 12.0 Å². The SMILES string of the molecule is CNC(C)c1ccc(Oc2cc(Cl)c(Br)cc2Cl)nc1. The summed E-state index contributed by atoms with van der Waals surface area (Å²) in [6.07, 6.45) is 1.77. The van der Waals surface area contributed by atoms with Gasteiger partial charge in [0.25, 0.3) is 0 Å². The predicted molar refractivity (Wildman–Crippen MR) is 85.9 cm³/mol. The lowest BCUT2D eigenvalue weighted by Gasteiger charge is -2.11. The summed E-state index contributed by atoms with van der Waals surface area (Å²) in [5, 5.41) is 4.15. The van der Waals surface area contributed by atoms with E-state index in [4.69, 9.17) is 27.9 Å². The van der Waals surface area contributed by atoms with Gasteiger partial charge in [-0.05, 0) is 41.5 Å². The van der Waals surface area contributed by atoms with Crippen LogP contribution < -0.4 is 10.1 Å². The molecule has 3 nitrogen and oxygen atoms in total. The first kappa shape index (κ1) is 15.6. The number of hydrogen-bond acceptors (Lipinski definition) is 3. The van der Waals surface area contributed by atoms with Gasteiger partial charge in [-0.2, -0.15) is 0 Å². The number of halogens is 3. The zero-order chi connectivity index (χ0) is 14.7. The van der Waals surface area contributed by atoms with Crippen molar-refractivity contribution in [2.75, 3.05) is 7.05 Å². The van der Waals surface area contributed by atoms with Gasteiger partial charge in [0.1, 0.15) is 5.75 Å². The molecule has 1 aromatic heterocycles. The number of ether oxygens (including phenoxy) is 1. The van der Waals surface area contributed by atoms with Crippen LogP contribution >= 0.6 is 39.1 Å². The summed E-state index contributed by atoms with van der Waals surface area (Å²) in [6.45, 7) is 2.06. The minimum Gasteiger partial charge on any atom is -0.437 e. The van der Waals surface area contributed by atoms with Crippen LogP contribution in [0.5, 0.6) is 11.6 Å². The Kier molecular flexibility index (Phi) is 5.27. The summed E-state index contributed by atoms with van der Waals surface area (Å²) in [7, 11) is 1.90. The number of pyridine rings is 1. The Morgan fingerprint density at radius 1 is 1.25 bits per heavy atom. The van der Waals surface area contributed by atoms with Crippen molar-refractivity contribution in [2.45, 2.75) is 13.0 Å². The predicted octanol–water partition coefficient (Wildman–Crippen LogP) is 5.22. The van der Waals surface area contributed by atoms with E-state index in [9.17, 15) is 0 Å². The fourth-order valence-electron chi connectivity index (χ4n) is 1.57. The zero-order valence-corrected chi connectivity index (χ0v) is 14.1. The highest BCUT2D eigenvalue weighted by Gasteiger charge is 2.09. The van der Waals surface area contributed by atoms with Gasteiger partial charge >= 0.3 is 0 Å². The Balaban J connectivity index is 2.20. The highest BCUT2D eigenvalue weighted by atomic mass is 79.9. The lowest BCUT2D eigenvalue weighted by molar-refractivity contribution is 0.462. The number of benzene rings is 1. The maximum Gasteiger partial charge on any atom is 0.219 e. The number of nitrogens with one attached hydrogen (secondary N) is 1. The summed E-state index contributed by atoms with van der Waals surface area (Å²) in [5.41, 5.74) is 1.08. The first-order chi connectivity index (χ1) is 9.51. The summed E-state index contributed by atoms with van der Waals surface area (Å²) in [5.74, 6) is 0.944. The molecule has 0 saturated carbocycles. The van der Waals surface area contributed by atoms with Crippen molar-refractivity contribution in [2.24, 2.45) is 0 Å². The Labute approximate surface area is 136 Å². The van der Waals surface area contributed by atoms with Crippen molar-refractivity contribution in [3.63, 3.8) is 0 Å². The van der Waals surface area contributed by atoms with Gasteiger partial charge in [-0.15, -0.1) is 0 Å². The second-order valence-corrected chi connectivity index (χ2v) is 5.91. The monoisotopic (exact) mass is 374 g/mol. The van der Waals surface area contributed by atoms with E-state index in [0.29, 0.717) is 21.7 Å². The standard InChI is InChI=1S/C14H13BrCl2N2O/c1-8(18-2)9-3-4-14(19-7-9)20-13-6-11(16)10(15)5-12(13)17/h3-8,18H,1-2H3. The lowest BCUT2D eigenvalue weighted by Crippen LogP contribution is -2.12. The highest BCUT2D eigenvalue weighted by Crippen LogP contribution is 2.36. The van der Waals surface area contributed by atoms with Crippen LogP contribution in [0.25, 0.3) is 0 Å². The molecule has 0 amide bonds. The maximum atomic E-state index is 6.10. The molecular weight excluding hydrogens is 363 g/mol. The Bertz CT molecular complexity index is 605. The van der Waals surface area contributed by atoms with Gasteiger partial charge in [-0.3, -0.25) is 0 Å². The van der Waals surface area contributed by atoms with Gasteiger partial charge in [0.05, 0.1) is 10.0 Å². The maximum absolute atomic E-state index is 6.10. The van der Waals surface area contributed by atoms with Crippen molar-refractivity contribution >= 4 is 39.1 Å². The minimum atomic E-state index is 0.238. The van der Waals surface area contributed by atoms with Gasteiger partial charge < -0.3 is 10.1 Å². The molecule has 0 fully saturated rings.